The number of hydrogen-bond acceptors (Lipinski definition) is 1. The molecule has 0 aliphatic carbocycles. The van der Waals surface area contributed by atoms with E-state index in [1.54, 1.807) is 0 Å². The van der Waals surface area contributed by atoms with Crippen LogP contribution in [0.3, 0.4) is 0 Å². The van der Waals surface area contributed by atoms with Gasteiger partial charge in [0.25, 0.3) is 0 Å². The highest BCUT2D eigenvalue weighted by molar-refractivity contribution is 7.70. The summed E-state index contributed by atoms with van der Waals surface area (Å²) in [4.78, 5) is 11.3. The lowest BCUT2D eigenvalue weighted by Gasteiger charge is -2.20. The second kappa shape index (κ2) is 22.1. The van der Waals surface area contributed by atoms with Crippen molar-refractivity contribution < 1.29 is 4.89 Å². The lowest BCUT2D eigenvalue weighted by molar-refractivity contribution is 0.542. The first-order valence-corrected chi connectivity index (χ1v) is 15.6. The van der Waals surface area contributed by atoms with Gasteiger partial charge < -0.3 is 0 Å². The molecule has 0 aromatic rings. The van der Waals surface area contributed by atoms with E-state index in [1.165, 1.54) is 128 Å². The van der Waals surface area contributed by atoms with Crippen LogP contribution in [0.5, 0.6) is 0 Å². The van der Waals surface area contributed by atoms with E-state index in [1.807, 2.05) is 0 Å². The van der Waals surface area contributed by atoms with Crippen LogP contribution in [0.2, 0.25) is 0 Å². The van der Waals surface area contributed by atoms with E-state index in [9.17, 15) is 4.89 Å². The van der Waals surface area contributed by atoms with E-state index >= 15 is 0 Å². The van der Waals surface area contributed by atoms with Crippen molar-refractivity contribution in [1.82, 2.24) is 0 Å². The lowest BCUT2D eigenvalue weighted by atomic mass is 10.1. The van der Waals surface area contributed by atoms with E-state index in [4.69, 9.17) is 0 Å². The second-order valence-corrected chi connectivity index (χ2v) is 12.8. The van der Waals surface area contributed by atoms with Crippen LogP contribution in [-0.2, 0) is 0 Å². The Balaban J connectivity index is 3.75. The molecule has 0 aliphatic heterocycles. The molecular formula is C26H56OP+. The molecule has 0 aliphatic rings. The molecule has 0 bridgehead atoms. The first-order chi connectivity index (χ1) is 13.7. The number of rotatable bonds is 23. The Bertz CT molecular complexity index is 280. The molecule has 0 radical (unpaired) electrons. The van der Waals surface area contributed by atoms with Gasteiger partial charge in [-0.05, 0) is 38.5 Å². The average Bonchev–Trinajstić information content (AvgIpc) is 2.70. The normalized spacial score (nSPS) is 12.0. The molecule has 0 aromatic heterocycles. The van der Waals surface area contributed by atoms with E-state index in [0.717, 1.165) is 18.5 Å². The maximum atomic E-state index is 11.3. The van der Waals surface area contributed by atoms with E-state index in [-0.39, 0.29) is 0 Å². The molecule has 28 heavy (non-hydrogen) atoms. The quantitative estimate of drug-likeness (QED) is 0.130. The van der Waals surface area contributed by atoms with Crippen LogP contribution in [-0.4, -0.2) is 23.4 Å². The first-order valence-electron chi connectivity index (χ1n) is 13.3. The van der Waals surface area contributed by atoms with Gasteiger partial charge in [-0.25, -0.2) is 0 Å². The molecule has 1 N–H and O–H groups in total. The Hall–Kier alpha value is 0.390. The van der Waals surface area contributed by atoms with Gasteiger partial charge in [-0.15, -0.1) is 0 Å². The molecule has 0 spiro atoms. The van der Waals surface area contributed by atoms with Crippen LogP contribution in [0.4, 0.5) is 0 Å². The molecule has 0 saturated heterocycles. The highest BCUT2D eigenvalue weighted by atomic mass is 31.2. The maximum Gasteiger partial charge on any atom is 0.142 e. The van der Waals surface area contributed by atoms with Crippen molar-refractivity contribution >= 4 is 7.49 Å². The third-order valence-electron chi connectivity index (χ3n) is 6.28. The van der Waals surface area contributed by atoms with Gasteiger partial charge in [0, 0.05) is 0 Å². The zero-order valence-electron chi connectivity index (χ0n) is 20.2. The highest BCUT2D eigenvalue weighted by Gasteiger charge is 2.33. The molecule has 0 saturated carbocycles. The summed E-state index contributed by atoms with van der Waals surface area (Å²) in [6.07, 6.45) is 30.8. The fourth-order valence-corrected chi connectivity index (χ4v) is 7.36. The molecule has 1 nitrogen and oxygen atoms in total. The van der Waals surface area contributed by atoms with Gasteiger partial charge in [0.05, 0.1) is 18.5 Å². The molecule has 0 fully saturated rings. The SMILES string of the molecule is CCCCCCCCCCCCCC[P+](O)(CCCCCC)CCCCCC. The molecule has 0 amide bonds. The molecule has 0 rings (SSSR count). The minimum Gasteiger partial charge on any atom is -0.252 e. The van der Waals surface area contributed by atoms with Gasteiger partial charge in [0.15, 0.2) is 0 Å². The molecule has 2 heteroatoms. The van der Waals surface area contributed by atoms with Crippen LogP contribution in [0.15, 0.2) is 0 Å². The topological polar surface area (TPSA) is 20.2 Å². The van der Waals surface area contributed by atoms with E-state index < -0.39 is 7.49 Å². The zero-order valence-corrected chi connectivity index (χ0v) is 21.1. The van der Waals surface area contributed by atoms with Gasteiger partial charge in [0.1, 0.15) is 7.49 Å². The minimum atomic E-state index is -1.63. The number of unbranched alkanes of at least 4 members (excludes halogenated alkanes) is 17. The third kappa shape index (κ3) is 19.7. The maximum absolute atomic E-state index is 11.3. The molecule has 0 unspecified atom stereocenters. The summed E-state index contributed by atoms with van der Waals surface area (Å²) in [6, 6.07) is 0. The second-order valence-electron chi connectivity index (χ2n) is 9.28. The minimum absolute atomic E-state index is 1.15. The van der Waals surface area contributed by atoms with E-state index in [0.29, 0.717) is 0 Å². The Labute approximate surface area is 180 Å². The fourth-order valence-electron chi connectivity index (χ4n) is 4.25. The molecule has 170 valence electrons. The summed E-state index contributed by atoms with van der Waals surface area (Å²) in [6.45, 7) is 6.85. The number of hydrogen-bond donors (Lipinski definition) is 1. The summed E-state index contributed by atoms with van der Waals surface area (Å²) in [5.41, 5.74) is 0. The third-order valence-corrected chi connectivity index (χ3v) is 9.73. The summed E-state index contributed by atoms with van der Waals surface area (Å²) < 4.78 is 0. The van der Waals surface area contributed by atoms with Crippen LogP contribution in [0.25, 0.3) is 0 Å². The molecule has 0 aromatic carbocycles. The standard InChI is InChI=1S/C26H56OP/c1-4-7-10-13-14-15-16-17-18-19-20-23-26-28(27,24-21-11-8-5-2)25-22-12-9-6-3/h27H,4-26H2,1-3H3/q+1. The molecular weight excluding hydrogens is 359 g/mol. The smallest absolute Gasteiger partial charge is 0.142 e. The van der Waals surface area contributed by atoms with Crippen molar-refractivity contribution in [2.24, 2.45) is 0 Å². The van der Waals surface area contributed by atoms with Crippen LogP contribution < -0.4 is 0 Å². The summed E-state index contributed by atoms with van der Waals surface area (Å²) in [5.74, 6) is 0. The average molecular weight is 416 g/mol. The predicted molar refractivity (Wildman–Crippen MR) is 133 cm³/mol. The fraction of sp³-hybridized carbons (Fsp3) is 1.00. The van der Waals surface area contributed by atoms with E-state index in [2.05, 4.69) is 20.8 Å². The van der Waals surface area contributed by atoms with Gasteiger partial charge in [0.2, 0.25) is 0 Å². The monoisotopic (exact) mass is 415 g/mol. The van der Waals surface area contributed by atoms with Crippen molar-refractivity contribution in [2.45, 2.75) is 149 Å². The summed E-state index contributed by atoms with van der Waals surface area (Å²) in [7, 11) is -1.63. The van der Waals surface area contributed by atoms with Crippen LogP contribution in [0.1, 0.15) is 149 Å². The van der Waals surface area contributed by atoms with Gasteiger partial charge in [-0.1, -0.05) is 111 Å². The largest absolute Gasteiger partial charge is 0.252 e. The first kappa shape index (κ1) is 28.4. The van der Waals surface area contributed by atoms with Crippen molar-refractivity contribution in [3.05, 3.63) is 0 Å². The van der Waals surface area contributed by atoms with Crippen molar-refractivity contribution in [3.8, 4) is 0 Å². The molecule has 0 atom stereocenters. The van der Waals surface area contributed by atoms with Crippen LogP contribution >= 0.6 is 7.49 Å². The van der Waals surface area contributed by atoms with Gasteiger partial charge >= 0.3 is 0 Å². The van der Waals surface area contributed by atoms with Crippen molar-refractivity contribution in [1.29, 1.82) is 0 Å². The van der Waals surface area contributed by atoms with Crippen LogP contribution in [0, 0.1) is 0 Å². The summed E-state index contributed by atoms with van der Waals surface area (Å²) in [5, 5.41) is 0. The van der Waals surface area contributed by atoms with Crippen molar-refractivity contribution in [3.63, 3.8) is 0 Å². The van der Waals surface area contributed by atoms with Gasteiger partial charge in [-0.3, -0.25) is 4.89 Å². The Morgan fingerprint density at radius 1 is 0.357 bits per heavy atom. The summed E-state index contributed by atoms with van der Waals surface area (Å²) >= 11 is 0. The zero-order chi connectivity index (χ0) is 20.8. The highest BCUT2D eigenvalue weighted by Crippen LogP contribution is 2.56. The Morgan fingerprint density at radius 2 is 0.571 bits per heavy atom. The van der Waals surface area contributed by atoms with Gasteiger partial charge in [-0.2, -0.15) is 0 Å². The Morgan fingerprint density at radius 3 is 0.857 bits per heavy atom. The van der Waals surface area contributed by atoms with Crippen molar-refractivity contribution in [2.75, 3.05) is 18.5 Å². The Kier molecular flexibility index (Phi) is 22.4. The molecule has 0 heterocycles. The lowest BCUT2D eigenvalue weighted by Crippen LogP contribution is -2.08. The predicted octanol–water partition coefficient (Wildman–Crippen LogP) is 9.77.